The fourth-order valence-corrected chi connectivity index (χ4v) is 1.47. The van der Waals surface area contributed by atoms with Crippen LogP contribution in [0.2, 0.25) is 0 Å². The Hall–Kier alpha value is -1.63. The van der Waals surface area contributed by atoms with Crippen molar-refractivity contribution in [2.24, 2.45) is 10.7 Å². The Morgan fingerprint density at radius 3 is 2.38 bits per heavy atom. The highest BCUT2D eigenvalue weighted by molar-refractivity contribution is 8.93. The number of rotatable bonds is 4. The molecule has 1 rings (SSSR count). The van der Waals surface area contributed by atoms with Crippen LogP contribution in [0.4, 0.5) is 4.39 Å². The van der Waals surface area contributed by atoms with Crippen molar-refractivity contribution in [3.63, 3.8) is 0 Å². The summed E-state index contributed by atoms with van der Waals surface area (Å²) in [4.78, 5) is 15.8. The molecule has 0 aliphatic rings. The highest BCUT2D eigenvalue weighted by atomic mass is 79.9. The van der Waals surface area contributed by atoms with Gasteiger partial charge in [0.25, 0.3) is 5.91 Å². The predicted octanol–water partition coefficient (Wildman–Crippen LogP) is 1.84. The van der Waals surface area contributed by atoms with Crippen LogP contribution in [0.5, 0.6) is 0 Å². The van der Waals surface area contributed by atoms with Gasteiger partial charge in [-0.3, -0.25) is 9.79 Å². The fraction of sp³-hybridized carbons (Fsp3) is 0.429. The maximum absolute atomic E-state index is 12.7. The van der Waals surface area contributed by atoms with E-state index in [2.05, 4.69) is 15.6 Å². The minimum Gasteiger partial charge on any atom is -0.370 e. The number of nitrogens with two attached hydrogens (primary N) is 1. The molecule has 0 heterocycles. The number of carbonyl (C=O) groups is 1. The van der Waals surface area contributed by atoms with Crippen LogP contribution in [-0.2, 0) is 0 Å². The number of guanidine groups is 1. The van der Waals surface area contributed by atoms with Crippen molar-refractivity contribution >= 4 is 28.8 Å². The minimum atomic E-state index is -0.368. The Kier molecular flexibility index (Phi) is 7.94. The third-order valence-corrected chi connectivity index (χ3v) is 2.29. The van der Waals surface area contributed by atoms with E-state index in [1.165, 1.54) is 24.3 Å². The normalized spacial score (nSPS) is 11.5. The van der Waals surface area contributed by atoms with Gasteiger partial charge >= 0.3 is 0 Å². The van der Waals surface area contributed by atoms with E-state index < -0.39 is 0 Å². The van der Waals surface area contributed by atoms with Gasteiger partial charge in [0.05, 0.1) is 6.54 Å². The molecule has 1 amide bonds. The van der Waals surface area contributed by atoms with Gasteiger partial charge in [-0.05, 0) is 45.0 Å². The van der Waals surface area contributed by atoms with Crippen LogP contribution in [0.3, 0.4) is 0 Å². The Balaban J connectivity index is 0.00000400. The number of amides is 1. The number of nitrogens with zero attached hydrogens (tertiary/aromatic N) is 1. The van der Waals surface area contributed by atoms with Gasteiger partial charge < -0.3 is 16.4 Å². The molecular formula is C14H22BrFN4O. The second-order valence-electron chi connectivity index (χ2n) is 5.40. The second kappa shape index (κ2) is 8.61. The quantitative estimate of drug-likeness (QED) is 0.435. The van der Waals surface area contributed by atoms with Gasteiger partial charge in [-0.15, -0.1) is 17.0 Å². The molecule has 1 aromatic rings. The van der Waals surface area contributed by atoms with Crippen LogP contribution in [0.25, 0.3) is 0 Å². The summed E-state index contributed by atoms with van der Waals surface area (Å²) in [6.07, 6.45) is 0. The largest absolute Gasteiger partial charge is 0.370 e. The Labute approximate surface area is 135 Å². The van der Waals surface area contributed by atoms with Crippen LogP contribution < -0.4 is 16.4 Å². The molecule has 0 unspecified atom stereocenters. The SMILES string of the molecule is Br.CC(C)(C)NC(N)=NCCNC(=O)c1ccc(F)cc1. The maximum Gasteiger partial charge on any atom is 0.251 e. The van der Waals surface area contributed by atoms with Crippen LogP contribution in [0.1, 0.15) is 31.1 Å². The standard InChI is InChI=1S/C14H21FN4O.BrH/c1-14(2,3)19-13(16)18-9-8-17-12(20)10-4-6-11(15)7-5-10;/h4-7H,8-9H2,1-3H3,(H,17,20)(H3,16,18,19);1H. The molecule has 0 aromatic heterocycles. The molecule has 21 heavy (non-hydrogen) atoms. The molecule has 4 N–H and O–H groups in total. The van der Waals surface area contributed by atoms with E-state index >= 15 is 0 Å². The van der Waals surface area contributed by atoms with Gasteiger partial charge in [0.1, 0.15) is 5.82 Å². The van der Waals surface area contributed by atoms with E-state index in [1.54, 1.807) is 0 Å². The summed E-state index contributed by atoms with van der Waals surface area (Å²) in [6.45, 7) is 6.67. The Morgan fingerprint density at radius 1 is 1.29 bits per heavy atom. The van der Waals surface area contributed by atoms with Crippen LogP contribution >= 0.6 is 17.0 Å². The van der Waals surface area contributed by atoms with Crippen LogP contribution in [-0.4, -0.2) is 30.5 Å². The van der Waals surface area contributed by atoms with E-state index in [9.17, 15) is 9.18 Å². The van der Waals surface area contributed by atoms with Gasteiger partial charge in [-0.25, -0.2) is 4.39 Å². The van der Waals surface area contributed by atoms with Crippen molar-refractivity contribution in [1.29, 1.82) is 0 Å². The molecule has 0 radical (unpaired) electrons. The third-order valence-electron chi connectivity index (χ3n) is 2.29. The first-order valence-corrected chi connectivity index (χ1v) is 6.40. The number of carbonyl (C=O) groups excluding carboxylic acids is 1. The lowest BCUT2D eigenvalue weighted by molar-refractivity contribution is 0.0954. The highest BCUT2D eigenvalue weighted by Crippen LogP contribution is 2.02. The molecule has 1 aromatic carbocycles. The van der Waals surface area contributed by atoms with Crippen LogP contribution in [0, 0.1) is 5.82 Å². The van der Waals surface area contributed by atoms with Crippen molar-refractivity contribution in [2.75, 3.05) is 13.1 Å². The highest BCUT2D eigenvalue weighted by Gasteiger charge is 2.09. The molecule has 118 valence electrons. The molecule has 0 fully saturated rings. The first kappa shape index (κ1) is 19.4. The van der Waals surface area contributed by atoms with E-state index in [0.717, 1.165) is 0 Å². The first-order valence-electron chi connectivity index (χ1n) is 6.40. The molecule has 0 bridgehead atoms. The number of halogens is 2. The van der Waals surface area contributed by atoms with E-state index in [0.29, 0.717) is 24.6 Å². The predicted molar refractivity (Wildman–Crippen MR) is 88.4 cm³/mol. The molecule has 0 atom stereocenters. The van der Waals surface area contributed by atoms with Gasteiger partial charge in [-0.2, -0.15) is 0 Å². The minimum absolute atomic E-state index is 0. The summed E-state index contributed by atoms with van der Waals surface area (Å²) in [5.74, 6) is -0.289. The number of aliphatic imine (C=N–C) groups is 1. The Morgan fingerprint density at radius 2 is 1.86 bits per heavy atom. The zero-order valence-electron chi connectivity index (χ0n) is 12.4. The first-order chi connectivity index (χ1) is 9.28. The number of hydrogen-bond acceptors (Lipinski definition) is 2. The zero-order valence-corrected chi connectivity index (χ0v) is 14.2. The lowest BCUT2D eigenvalue weighted by Gasteiger charge is -2.20. The molecule has 0 aliphatic heterocycles. The summed E-state index contributed by atoms with van der Waals surface area (Å²) < 4.78 is 12.7. The van der Waals surface area contributed by atoms with Gasteiger partial charge in [0.2, 0.25) is 0 Å². The summed E-state index contributed by atoms with van der Waals surface area (Å²) in [7, 11) is 0. The summed E-state index contributed by atoms with van der Waals surface area (Å²) >= 11 is 0. The van der Waals surface area contributed by atoms with E-state index in [4.69, 9.17) is 5.73 Å². The monoisotopic (exact) mass is 360 g/mol. The van der Waals surface area contributed by atoms with E-state index in [1.807, 2.05) is 20.8 Å². The average molecular weight is 361 g/mol. The van der Waals surface area contributed by atoms with Crippen molar-refractivity contribution in [1.82, 2.24) is 10.6 Å². The van der Waals surface area contributed by atoms with Crippen LogP contribution in [0.15, 0.2) is 29.3 Å². The van der Waals surface area contributed by atoms with Crippen molar-refractivity contribution in [2.45, 2.75) is 26.3 Å². The number of benzene rings is 1. The van der Waals surface area contributed by atoms with Crippen molar-refractivity contribution in [3.8, 4) is 0 Å². The number of nitrogens with one attached hydrogen (secondary N) is 2. The summed E-state index contributed by atoms with van der Waals surface area (Å²) in [5, 5.41) is 5.70. The molecule has 0 saturated carbocycles. The Bertz CT molecular complexity index is 483. The maximum atomic E-state index is 12.7. The number of hydrogen-bond donors (Lipinski definition) is 3. The van der Waals surface area contributed by atoms with Gasteiger partial charge in [0.15, 0.2) is 5.96 Å². The average Bonchev–Trinajstić information content (AvgIpc) is 2.33. The van der Waals surface area contributed by atoms with Crippen molar-refractivity contribution in [3.05, 3.63) is 35.6 Å². The molecular weight excluding hydrogens is 339 g/mol. The van der Waals surface area contributed by atoms with Crippen molar-refractivity contribution < 1.29 is 9.18 Å². The fourth-order valence-electron chi connectivity index (χ4n) is 1.47. The topological polar surface area (TPSA) is 79.5 Å². The zero-order chi connectivity index (χ0) is 15.2. The molecule has 0 spiro atoms. The summed E-state index contributed by atoms with van der Waals surface area (Å²) in [6, 6.07) is 5.36. The third kappa shape index (κ3) is 8.29. The molecule has 0 saturated heterocycles. The van der Waals surface area contributed by atoms with Gasteiger partial charge in [0, 0.05) is 17.6 Å². The molecule has 5 nitrogen and oxygen atoms in total. The van der Waals surface area contributed by atoms with Gasteiger partial charge in [-0.1, -0.05) is 0 Å². The molecule has 0 aliphatic carbocycles. The second-order valence-corrected chi connectivity index (χ2v) is 5.40. The lowest BCUT2D eigenvalue weighted by Crippen LogP contribution is -2.45. The lowest BCUT2D eigenvalue weighted by atomic mass is 10.1. The molecule has 7 heteroatoms. The van der Waals surface area contributed by atoms with E-state index in [-0.39, 0.29) is 34.2 Å². The summed E-state index contributed by atoms with van der Waals surface area (Å²) in [5.41, 5.74) is 5.95. The smallest absolute Gasteiger partial charge is 0.251 e.